The molecule has 0 fully saturated rings. The Bertz CT molecular complexity index is 186. The second-order valence-corrected chi connectivity index (χ2v) is 4.16. The zero-order valence-corrected chi connectivity index (χ0v) is 8.33. The van der Waals surface area contributed by atoms with Crippen LogP contribution in [0.5, 0.6) is 0 Å². The standard InChI is InChI=1S/C9H12OSe/c1-2-10-8-11-9-6-4-3-5-7-9/h3-7H,2,8H2,1H3. The molecule has 0 N–H and O–H groups in total. The molecule has 0 aliphatic heterocycles. The van der Waals surface area contributed by atoms with Crippen LogP contribution in [-0.2, 0) is 4.74 Å². The van der Waals surface area contributed by atoms with Gasteiger partial charge in [0.1, 0.15) is 0 Å². The average Bonchev–Trinajstić information content (AvgIpc) is 2.07. The van der Waals surface area contributed by atoms with Crippen molar-refractivity contribution >= 4 is 19.4 Å². The van der Waals surface area contributed by atoms with E-state index in [0.717, 1.165) is 12.1 Å². The van der Waals surface area contributed by atoms with Crippen LogP contribution in [0.2, 0.25) is 0 Å². The second-order valence-electron chi connectivity index (χ2n) is 2.07. The van der Waals surface area contributed by atoms with E-state index in [2.05, 4.69) is 24.3 Å². The molecule has 60 valence electrons. The van der Waals surface area contributed by atoms with Gasteiger partial charge in [-0.25, -0.2) is 0 Å². The molecule has 0 aromatic heterocycles. The SMILES string of the molecule is CCOC[Se]c1ccccc1. The molecule has 0 amide bonds. The molecule has 0 saturated carbocycles. The van der Waals surface area contributed by atoms with Gasteiger partial charge in [0.25, 0.3) is 0 Å². The third-order valence-electron chi connectivity index (χ3n) is 1.26. The molecule has 0 saturated heterocycles. The van der Waals surface area contributed by atoms with Crippen LogP contribution in [-0.4, -0.2) is 27.1 Å². The van der Waals surface area contributed by atoms with Crippen LogP contribution in [0.3, 0.4) is 0 Å². The van der Waals surface area contributed by atoms with Crippen LogP contribution < -0.4 is 4.46 Å². The van der Waals surface area contributed by atoms with E-state index in [1.54, 1.807) is 0 Å². The van der Waals surface area contributed by atoms with Crippen molar-refractivity contribution in [1.82, 2.24) is 0 Å². The van der Waals surface area contributed by atoms with Gasteiger partial charge in [0, 0.05) is 0 Å². The van der Waals surface area contributed by atoms with Gasteiger partial charge in [0.2, 0.25) is 0 Å². The number of ether oxygens (including phenoxy) is 1. The Hall–Kier alpha value is -0.301. The summed E-state index contributed by atoms with van der Waals surface area (Å²) in [6.45, 7) is 2.86. The molecule has 1 aromatic rings. The molecule has 0 unspecified atom stereocenters. The summed E-state index contributed by atoms with van der Waals surface area (Å²) in [5, 5.41) is 0. The molecule has 0 heterocycles. The van der Waals surface area contributed by atoms with Crippen LogP contribution >= 0.6 is 0 Å². The van der Waals surface area contributed by atoms with Crippen LogP contribution in [0, 0.1) is 0 Å². The molecule has 0 bridgehead atoms. The van der Waals surface area contributed by atoms with Gasteiger partial charge in [-0.2, -0.15) is 0 Å². The third kappa shape index (κ3) is 3.57. The Morgan fingerprint density at radius 3 is 2.64 bits per heavy atom. The normalized spacial score (nSPS) is 9.91. The van der Waals surface area contributed by atoms with Gasteiger partial charge >= 0.3 is 73.5 Å². The van der Waals surface area contributed by atoms with Gasteiger partial charge in [-0.1, -0.05) is 0 Å². The van der Waals surface area contributed by atoms with E-state index >= 15 is 0 Å². The fraction of sp³-hybridized carbons (Fsp3) is 0.333. The number of rotatable bonds is 4. The monoisotopic (exact) mass is 216 g/mol. The summed E-state index contributed by atoms with van der Waals surface area (Å²) >= 11 is 0.497. The van der Waals surface area contributed by atoms with Gasteiger partial charge in [0.15, 0.2) is 0 Å². The maximum absolute atomic E-state index is 5.27. The molecule has 0 spiro atoms. The first-order valence-corrected chi connectivity index (χ1v) is 5.76. The summed E-state index contributed by atoms with van der Waals surface area (Å²) in [5.41, 5.74) is 0.896. The zero-order chi connectivity index (χ0) is 7.94. The summed E-state index contributed by atoms with van der Waals surface area (Å²) in [7, 11) is 0. The van der Waals surface area contributed by atoms with Crippen molar-refractivity contribution in [3.63, 3.8) is 0 Å². The fourth-order valence-corrected chi connectivity index (χ4v) is 2.25. The van der Waals surface area contributed by atoms with Gasteiger partial charge in [-0.15, -0.1) is 0 Å². The molecular formula is C9H12OSe. The first kappa shape index (κ1) is 8.79. The summed E-state index contributed by atoms with van der Waals surface area (Å²) < 4.78 is 6.68. The average molecular weight is 215 g/mol. The van der Waals surface area contributed by atoms with E-state index < -0.39 is 0 Å². The second kappa shape index (κ2) is 5.36. The summed E-state index contributed by atoms with van der Waals surface area (Å²) in [4.78, 5) is 0. The zero-order valence-electron chi connectivity index (χ0n) is 6.62. The predicted molar refractivity (Wildman–Crippen MR) is 48.3 cm³/mol. The number of hydrogen-bond acceptors (Lipinski definition) is 1. The maximum atomic E-state index is 5.27. The van der Waals surface area contributed by atoms with Gasteiger partial charge in [-0.3, -0.25) is 0 Å². The molecule has 0 aliphatic carbocycles. The van der Waals surface area contributed by atoms with E-state index in [1.165, 1.54) is 4.46 Å². The van der Waals surface area contributed by atoms with E-state index in [-0.39, 0.29) is 0 Å². The molecule has 0 aliphatic rings. The van der Waals surface area contributed by atoms with Crippen molar-refractivity contribution in [3.05, 3.63) is 30.3 Å². The minimum atomic E-state index is 0.497. The molecule has 1 nitrogen and oxygen atoms in total. The molecule has 0 radical (unpaired) electrons. The van der Waals surface area contributed by atoms with Gasteiger partial charge < -0.3 is 0 Å². The van der Waals surface area contributed by atoms with Crippen LogP contribution in [0.15, 0.2) is 30.3 Å². The Morgan fingerprint density at radius 2 is 2.00 bits per heavy atom. The van der Waals surface area contributed by atoms with Crippen LogP contribution in [0.1, 0.15) is 6.92 Å². The Labute approximate surface area is 73.9 Å². The Kier molecular flexibility index (Phi) is 4.29. The molecule has 1 rings (SSSR count). The first-order valence-electron chi connectivity index (χ1n) is 3.69. The number of hydrogen-bond donors (Lipinski definition) is 0. The van der Waals surface area contributed by atoms with Crippen molar-refractivity contribution in [2.45, 2.75) is 6.92 Å². The Balaban J connectivity index is 2.28. The van der Waals surface area contributed by atoms with Crippen molar-refractivity contribution < 1.29 is 4.74 Å². The quantitative estimate of drug-likeness (QED) is 0.538. The molecular weight excluding hydrogens is 203 g/mol. The van der Waals surface area contributed by atoms with Gasteiger partial charge in [0.05, 0.1) is 0 Å². The van der Waals surface area contributed by atoms with Crippen LogP contribution in [0.4, 0.5) is 0 Å². The number of benzene rings is 1. The predicted octanol–water partition coefficient (Wildman–Crippen LogP) is 1.01. The van der Waals surface area contributed by atoms with Gasteiger partial charge in [-0.05, 0) is 0 Å². The molecule has 2 heteroatoms. The first-order chi connectivity index (χ1) is 5.43. The van der Waals surface area contributed by atoms with Crippen molar-refractivity contribution in [2.75, 3.05) is 12.1 Å². The fourth-order valence-electron chi connectivity index (χ4n) is 0.710. The summed E-state index contributed by atoms with van der Waals surface area (Å²) in [6, 6.07) is 10.5. The van der Waals surface area contributed by atoms with Crippen molar-refractivity contribution in [1.29, 1.82) is 0 Å². The van der Waals surface area contributed by atoms with Crippen molar-refractivity contribution in [3.8, 4) is 0 Å². The third-order valence-corrected chi connectivity index (χ3v) is 3.12. The minimum absolute atomic E-state index is 0.497. The summed E-state index contributed by atoms with van der Waals surface area (Å²) in [6.07, 6.45) is 0. The van der Waals surface area contributed by atoms with E-state index in [0.29, 0.717) is 15.0 Å². The van der Waals surface area contributed by atoms with E-state index in [4.69, 9.17) is 4.74 Å². The molecule has 0 atom stereocenters. The van der Waals surface area contributed by atoms with E-state index in [9.17, 15) is 0 Å². The van der Waals surface area contributed by atoms with Crippen molar-refractivity contribution in [2.24, 2.45) is 0 Å². The molecule has 11 heavy (non-hydrogen) atoms. The molecule has 1 aromatic carbocycles. The van der Waals surface area contributed by atoms with E-state index in [1.807, 2.05) is 13.0 Å². The summed E-state index contributed by atoms with van der Waals surface area (Å²) in [5.74, 6) is 0. The topological polar surface area (TPSA) is 9.23 Å². The Morgan fingerprint density at radius 1 is 1.27 bits per heavy atom. The van der Waals surface area contributed by atoms with Crippen LogP contribution in [0.25, 0.3) is 0 Å².